The van der Waals surface area contributed by atoms with Gasteiger partial charge in [-0.25, -0.2) is 42.5 Å². The lowest BCUT2D eigenvalue weighted by molar-refractivity contribution is 0.0749. The van der Waals surface area contributed by atoms with E-state index < -0.39 is 6.03 Å². The molecular weight excluding hydrogens is 668 g/mol. The summed E-state index contributed by atoms with van der Waals surface area (Å²) in [5.41, 5.74) is 20.8. The molecule has 18 heteroatoms. The second-order valence-electron chi connectivity index (χ2n) is 18.9. The number of hydrazine groups is 4. The third kappa shape index (κ3) is 17.1. The number of rotatable bonds is 7. The minimum absolute atomic E-state index is 0.0232. The average molecular weight is 743 g/mol. The van der Waals surface area contributed by atoms with Gasteiger partial charge in [-0.3, -0.25) is 21.7 Å². The molecule has 0 bridgehead atoms. The molecule has 20 N–H and O–H groups in total. The van der Waals surface area contributed by atoms with Crippen LogP contribution in [0, 0.1) is 32.5 Å². The van der Waals surface area contributed by atoms with E-state index in [0.717, 1.165) is 57.8 Å². The lowest BCUT2D eigenvalue weighted by atomic mass is 9.62. The topological polar surface area (TPSA) is 321 Å². The lowest BCUT2D eigenvalue weighted by Crippen LogP contribution is -2.54. The zero-order valence-electron chi connectivity index (χ0n) is 33.3. The van der Waals surface area contributed by atoms with Gasteiger partial charge in [0.15, 0.2) is 0 Å². The van der Waals surface area contributed by atoms with Crippen molar-refractivity contribution in [3.05, 3.63) is 0 Å². The van der Waals surface area contributed by atoms with Gasteiger partial charge in [-0.15, -0.1) is 0 Å². The molecule has 52 heavy (non-hydrogen) atoms. The van der Waals surface area contributed by atoms with E-state index in [1.807, 2.05) is 5.43 Å². The zero-order valence-corrected chi connectivity index (χ0v) is 33.3. The highest BCUT2D eigenvalue weighted by atomic mass is 16.2. The van der Waals surface area contributed by atoms with Gasteiger partial charge < -0.3 is 32.7 Å². The summed E-state index contributed by atoms with van der Waals surface area (Å²) in [7, 11) is 0. The lowest BCUT2D eigenvalue weighted by Gasteiger charge is -2.46. The third-order valence-corrected chi connectivity index (χ3v) is 10.4. The Morgan fingerprint density at radius 2 is 0.827 bits per heavy atom. The van der Waals surface area contributed by atoms with Crippen molar-refractivity contribution in [1.29, 1.82) is 0 Å². The highest BCUT2D eigenvalue weighted by Gasteiger charge is 2.43. The van der Waals surface area contributed by atoms with E-state index in [1.54, 1.807) is 0 Å². The molecule has 3 aliphatic carbocycles. The van der Waals surface area contributed by atoms with Crippen molar-refractivity contribution in [1.82, 2.24) is 43.0 Å². The monoisotopic (exact) mass is 743 g/mol. The van der Waals surface area contributed by atoms with Crippen molar-refractivity contribution in [2.45, 2.75) is 138 Å². The second-order valence-corrected chi connectivity index (χ2v) is 18.9. The van der Waals surface area contributed by atoms with Crippen molar-refractivity contribution in [3.63, 3.8) is 0 Å². The fourth-order valence-electron chi connectivity index (χ4n) is 9.75. The Morgan fingerprint density at radius 3 is 1.17 bits per heavy atom. The number of carbonyl (C=O) groups is 4. The summed E-state index contributed by atoms with van der Waals surface area (Å²) in [6.07, 6.45) is 8.64. The van der Waals surface area contributed by atoms with Gasteiger partial charge in [0.05, 0.1) is 0 Å². The second kappa shape index (κ2) is 19.3. The van der Waals surface area contributed by atoms with Crippen molar-refractivity contribution in [3.8, 4) is 0 Å². The van der Waals surface area contributed by atoms with Crippen LogP contribution < -0.4 is 77.8 Å². The Balaban J connectivity index is 0.000000394. The highest BCUT2D eigenvalue weighted by molar-refractivity contribution is 5.74. The van der Waals surface area contributed by atoms with E-state index in [-0.39, 0.29) is 68.7 Å². The smallest absolute Gasteiger partial charge is 0.329 e. The summed E-state index contributed by atoms with van der Waals surface area (Å²) < 4.78 is 0. The molecule has 0 heterocycles. The number of nitrogens with two attached hydrogens (primary N) is 6. The van der Waals surface area contributed by atoms with E-state index in [9.17, 15) is 19.2 Å². The van der Waals surface area contributed by atoms with Crippen molar-refractivity contribution < 1.29 is 19.2 Å². The Kier molecular flexibility index (Phi) is 17.3. The van der Waals surface area contributed by atoms with Crippen molar-refractivity contribution >= 4 is 24.1 Å². The summed E-state index contributed by atoms with van der Waals surface area (Å²) in [4.78, 5) is 44.9. The summed E-state index contributed by atoms with van der Waals surface area (Å²) in [6.45, 7) is 21.4. The normalized spacial score (nSPS) is 31.3. The summed E-state index contributed by atoms with van der Waals surface area (Å²) in [5, 5.41) is 11.2. The van der Waals surface area contributed by atoms with Crippen LogP contribution in [0.3, 0.4) is 0 Å². The molecule has 0 aromatic carbocycles. The van der Waals surface area contributed by atoms with Crippen LogP contribution in [0.2, 0.25) is 0 Å². The van der Waals surface area contributed by atoms with E-state index in [0.29, 0.717) is 19.6 Å². The molecule has 0 spiro atoms. The minimum Gasteiger partial charge on any atom is -0.337 e. The van der Waals surface area contributed by atoms with Gasteiger partial charge >= 0.3 is 24.1 Å². The highest BCUT2D eigenvalue weighted by Crippen LogP contribution is 2.47. The molecule has 6 atom stereocenters. The number of carbonyl (C=O) groups excluding carboxylic acids is 4. The number of hydrogen-bond donors (Lipinski definition) is 14. The summed E-state index contributed by atoms with van der Waals surface area (Å²) in [6, 6.07) is -1.05. The maximum Gasteiger partial charge on any atom is 0.329 e. The van der Waals surface area contributed by atoms with Crippen molar-refractivity contribution in [2.75, 3.05) is 19.6 Å². The van der Waals surface area contributed by atoms with Crippen LogP contribution in [0.5, 0.6) is 0 Å². The third-order valence-electron chi connectivity index (χ3n) is 10.4. The molecule has 0 radical (unpaired) electrons. The minimum atomic E-state index is -0.404. The molecule has 3 rings (SSSR count). The standard InChI is InChI=1S/C12H26N6O2.2C11H24N4O/c1-11(2)4-8(16-10(20)18-14)5-12(3,6-11)7-15-9(19)17-13;1-10(2)4-8(12)5-11(3,6-10)7-14-9(16)15-13;1-10(2)4-8(14-9(16)15-13)5-11(3,6-10)7-12/h8H,4-7,13-14H2,1-3H3,(H2,15,17,19)(H2,16,18,20);2*8H,4-7,12-13H2,1-3H3,(H2,14,15,16). The van der Waals surface area contributed by atoms with Gasteiger partial charge in [0.2, 0.25) is 0 Å². The molecule has 3 saturated carbocycles. The largest absolute Gasteiger partial charge is 0.337 e. The van der Waals surface area contributed by atoms with Gasteiger partial charge in [0.1, 0.15) is 0 Å². The van der Waals surface area contributed by atoms with Gasteiger partial charge in [0, 0.05) is 31.2 Å². The first-order valence-electron chi connectivity index (χ1n) is 18.3. The predicted molar refractivity (Wildman–Crippen MR) is 205 cm³/mol. The van der Waals surface area contributed by atoms with Crippen LogP contribution in [0.15, 0.2) is 0 Å². The molecule has 0 aromatic heterocycles. The van der Waals surface area contributed by atoms with Gasteiger partial charge in [-0.1, -0.05) is 62.3 Å². The van der Waals surface area contributed by atoms with E-state index in [4.69, 9.17) is 34.8 Å². The van der Waals surface area contributed by atoms with Crippen LogP contribution in [0.1, 0.15) is 120 Å². The number of amides is 8. The summed E-state index contributed by atoms with van der Waals surface area (Å²) >= 11 is 0. The van der Waals surface area contributed by atoms with Gasteiger partial charge in [-0.2, -0.15) is 0 Å². The Labute approximate surface area is 311 Å². The Hall–Kier alpha value is -3.16. The first-order valence-corrected chi connectivity index (χ1v) is 18.3. The number of urea groups is 4. The molecule has 0 aromatic rings. The Morgan fingerprint density at radius 1 is 0.500 bits per heavy atom. The van der Waals surface area contributed by atoms with Crippen LogP contribution in [0.4, 0.5) is 19.2 Å². The summed E-state index contributed by atoms with van der Waals surface area (Å²) in [5.74, 6) is 20.2. The fourth-order valence-corrected chi connectivity index (χ4v) is 9.75. The molecule has 8 amide bonds. The first-order chi connectivity index (χ1) is 23.8. The maximum atomic E-state index is 11.4. The molecular formula is C34H74N14O4. The molecule has 0 saturated heterocycles. The number of hydrogen-bond acceptors (Lipinski definition) is 10. The van der Waals surface area contributed by atoms with E-state index in [1.165, 1.54) is 0 Å². The molecule has 0 aliphatic heterocycles. The first kappa shape index (κ1) is 46.9. The average Bonchev–Trinajstić information content (AvgIpc) is 2.99. The van der Waals surface area contributed by atoms with Gasteiger partial charge in [-0.05, 0) is 96.8 Å². The van der Waals surface area contributed by atoms with Crippen LogP contribution in [-0.2, 0) is 0 Å². The maximum absolute atomic E-state index is 11.4. The number of nitrogens with one attached hydrogen (secondary N) is 8. The quantitative estimate of drug-likeness (QED) is 0.101. The molecule has 304 valence electrons. The Bertz CT molecular complexity index is 1190. The van der Waals surface area contributed by atoms with Gasteiger partial charge in [0.25, 0.3) is 0 Å². The fraction of sp³-hybridized carbons (Fsp3) is 0.882. The zero-order chi connectivity index (χ0) is 40.2. The van der Waals surface area contributed by atoms with E-state index >= 15 is 0 Å². The predicted octanol–water partition coefficient (Wildman–Crippen LogP) is 1.32. The van der Waals surface area contributed by atoms with Crippen molar-refractivity contribution in [2.24, 2.45) is 67.3 Å². The SMILES string of the molecule is CC1(C)CC(N)CC(C)(CNC(=O)NN)C1.CC1(C)CC(NC(=O)NN)CC(C)(CN)C1.CC1(C)CC(NC(=O)NN)CC(C)(CNC(=O)NN)C1. The molecule has 3 aliphatic rings. The molecule has 18 nitrogen and oxygen atoms in total. The van der Waals surface area contributed by atoms with Crippen LogP contribution >= 0.6 is 0 Å². The molecule has 6 unspecified atom stereocenters. The van der Waals surface area contributed by atoms with Crippen LogP contribution in [0.25, 0.3) is 0 Å². The van der Waals surface area contributed by atoms with Crippen LogP contribution in [-0.4, -0.2) is 61.9 Å². The van der Waals surface area contributed by atoms with E-state index in [2.05, 4.69) is 99.9 Å². The molecule has 3 fully saturated rings.